The van der Waals surface area contributed by atoms with Crippen molar-refractivity contribution >= 4 is 11.9 Å². The number of benzene rings is 2. The molecule has 2 aromatic rings. The van der Waals surface area contributed by atoms with Crippen LogP contribution in [-0.4, -0.2) is 23.6 Å². The number of amides is 1. The number of aromatic hydroxyl groups is 1. The Kier molecular flexibility index (Phi) is 5.54. The maximum Gasteiger partial charge on any atom is 0.310 e. The molecule has 0 unspecified atom stereocenters. The first-order chi connectivity index (χ1) is 10.6. The molecular formula is C17H17NO4. The molecule has 0 aliphatic carbocycles. The molecule has 114 valence electrons. The Labute approximate surface area is 128 Å². The molecule has 5 nitrogen and oxygen atoms in total. The van der Waals surface area contributed by atoms with Gasteiger partial charge in [-0.3, -0.25) is 9.59 Å². The van der Waals surface area contributed by atoms with Gasteiger partial charge in [0.25, 0.3) is 5.91 Å². The van der Waals surface area contributed by atoms with E-state index in [1.54, 1.807) is 12.1 Å². The van der Waals surface area contributed by atoms with E-state index in [0.717, 1.165) is 5.56 Å². The molecule has 0 aliphatic heterocycles. The zero-order valence-electron chi connectivity index (χ0n) is 12.0. The Morgan fingerprint density at radius 2 is 1.64 bits per heavy atom. The summed E-state index contributed by atoms with van der Waals surface area (Å²) in [6.45, 7) is 0.0962. The van der Waals surface area contributed by atoms with Crippen molar-refractivity contribution in [2.45, 2.75) is 13.0 Å². The molecule has 0 bridgehead atoms. The van der Waals surface area contributed by atoms with Gasteiger partial charge in [-0.05, 0) is 23.3 Å². The molecule has 2 aromatic carbocycles. The molecule has 22 heavy (non-hydrogen) atoms. The first-order valence-electron chi connectivity index (χ1n) is 6.87. The van der Waals surface area contributed by atoms with Gasteiger partial charge < -0.3 is 15.2 Å². The van der Waals surface area contributed by atoms with Gasteiger partial charge in [0, 0.05) is 6.54 Å². The lowest BCUT2D eigenvalue weighted by molar-refractivity contribution is -0.147. The first kappa shape index (κ1) is 15.6. The highest BCUT2D eigenvalue weighted by molar-refractivity contribution is 5.81. The lowest BCUT2D eigenvalue weighted by atomic mass is 10.1. The smallest absolute Gasteiger partial charge is 0.310 e. The molecule has 0 aromatic heterocycles. The van der Waals surface area contributed by atoms with Crippen LogP contribution in [0.4, 0.5) is 0 Å². The second kappa shape index (κ2) is 7.83. The van der Waals surface area contributed by atoms with E-state index >= 15 is 0 Å². The Balaban J connectivity index is 1.69. The quantitative estimate of drug-likeness (QED) is 0.797. The number of rotatable bonds is 6. The van der Waals surface area contributed by atoms with Crippen molar-refractivity contribution in [1.29, 1.82) is 0 Å². The zero-order chi connectivity index (χ0) is 15.8. The topological polar surface area (TPSA) is 75.6 Å². The molecule has 0 atom stereocenters. The average Bonchev–Trinajstić information content (AvgIpc) is 2.54. The van der Waals surface area contributed by atoms with E-state index in [1.165, 1.54) is 12.1 Å². The zero-order valence-corrected chi connectivity index (χ0v) is 12.0. The average molecular weight is 299 g/mol. The van der Waals surface area contributed by atoms with Gasteiger partial charge in [0.1, 0.15) is 5.75 Å². The highest BCUT2D eigenvalue weighted by atomic mass is 16.5. The van der Waals surface area contributed by atoms with Gasteiger partial charge in [0.15, 0.2) is 6.61 Å². The normalized spacial score (nSPS) is 10.0. The molecule has 0 heterocycles. The highest BCUT2D eigenvalue weighted by Crippen LogP contribution is 2.10. The van der Waals surface area contributed by atoms with E-state index in [2.05, 4.69) is 5.32 Å². The second-order valence-corrected chi connectivity index (χ2v) is 4.77. The van der Waals surface area contributed by atoms with E-state index in [-0.39, 0.29) is 24.7 Å². The number of carbonyl (C=O) groups is 2. The van der Waals surface area contributed by atoms with Crippen molar-refractivity contribution in [2.75, 3.05) is 6.61 Å². The third kappa shape index (κ3) is 5.28. The number of hydrogen-bond donors (Lipinski definition) is 2. The van der Waals surface area contributed by atoms with Gasteiger partial charge in [-0.15, -0.1) is 0 Å². The molecular weight excluding hydrogens is 282 g/mol. The Morgan fingerprint density at radius 1 is 0.955 bits per heavy atom. The number of ether oxygens (including phenoxy) is 1. The van der Waals surface area contributed by atoms with Gasteiger partial charge in [0.2, 0.25) is 0 Å². The van der Waals surface area contributed by atoms with Crippen LogP contribution in [0.2, 0.25) is 0 Å². The van der Waals surface area contributed by atoms with Crippen LogP contribution in [0.5, 0.6) is 5.75 Å². The Morgan fingerprint density at radius 3 is 2.32 bits per heavy atom. The van der Waals surface area contributed by atoms with Crippen LogP contribution in [0, 0.1) is 0 Å². The standard InChI is InChI=1S/C17H17NO4/c19-15-8-6-13(7-9-15)10-17(21)22-12-16(20)18-11-14-4-2-1-3-5-14/h1-9,19H,10-12H2,(H,18,20). The maximum absolute atomic E-state index is 11.6. The van der Waals surface area contributed by atoms with Gasteiger partial charge in [-0.1, -0.05) is 42.5 Å². The fourth-order valence-electron chi connectivity index (χ4n) is 1.83. The predicted molar refractivity (Wildman–Crippen MR) is 81.1 cm³/mol. The summed E-state index contributed by atoms with van der Waals surface area (Å²) in [5.41, 5.74) is 1.69. The fraction of sp³-hybridized carbons (Fsp3) is 0.176. The van der Waals surface area contributed by atoms with Crippen LogP contribution in [0.3, 0.4) is 0 Å². The summed E-state index contributed by atoms with van der Waals surface area (Å²) in [5.74, 6) is -0.694. The summed E-state index contributed by atoms with van der Waals surface area (Å²) in [6.07, 6.45) is 0.0618. The van der Waals surface area contributed by atoms with Crippen LogP contribution >= 0.6 is 0 Å². The molecule has 0 fully saturated rings. The molecule has 0 aliphatic rings. The third-order valence-corrected chi connectivity index (χ3v) is 2.98. The number of phenols is 1. The molecule has 2 N–H and O–H groups in total. The number of nitrogens with one attached hydrogen (secondary N) is 1. The van der Waals surface area contributed by atoms with Gasteiger partial charge in [0.05, 0.1) is 6.42 Å². The van der Waals surface area contributed by atoms with Crippen molar-refractivity contribution in [1.82, 2.24) is 5.32 Å². The fourth-order valence-corrected chi connectivity index (χ4v) is 1.83. The summed E-state index contributed by atoms with van der Waals surface area (Å²) in [7, 11) is 0. The summed E-state index contributed by atoms with van der Waals surface area (Å²) in [6, 6.07) is 15.7. The SMILES string of the molecule is O=C(COC(=O)Cc1ccc(O)cc1)NCc1ccccc1. The Bertz CT molecular complexity index is 623. The second-order valence-electron chi connectivity index (χ2n) is 4.77. The van der Waals surface area contributed by atoms with E-state index in [4.69, 9.17) is 9.84 Å². The van der Waals surface area contributed by atoms with Crippen molar-refractivity contribution in [2.24, 2.45) is 0 Å². The lowest BCUT2D eigenvalue weighted by Gasteiger charge is -2.07. The monoisotopic (exact) mass is 299 g/mol. The van der Waals surface area contributed by atoms with Crippen LogP contribution in [0.1, 0.15) is 11.1 Å². The van der Waals surface area contributed by atoms with Gasteiger partial charge in [-0.25, -0.2) is 0 Å². The minimum Gasteiger partial charge on any atom is -0.508 e. The van der Waals surface area contributed by atoms with Crippen molar-refractivity contribution in [3.8, 4) is 5.75 Å². The van der Waals surface area contributed by atoms with Crippen LogP contribution in [0.25, 0.3) is 0 Å². The predicted octanol–water partition coefficient (Wildman–Crippen LogP) is 1.79. The number of esters is 1. The number of hydrogen-bond acceptors (Lipinski definition) is 4. The van der Waals surface area contributed by atoms with Crippen LogP contribution in [-0.2, 0) is 27.3 Å². The van der Waals surface area contributed by atoms with Crippen molar-refractivity contribution in [3.63, 3.8) is 0 Å². The number of phenolic OH excluding ortho intramolecular Hbond substituents is 1. The minimum absolute atomic E-state index is 0.0618. The van der Waals surface area contributed by atoms with Crippen LogP contribution < -0.4 is 5.32 Å². The molecule has 0 saturated carbocycles. The largest absolute Gasteiger partial charge is 0.508 e. The maximum atomic E-state index is 11.6. The first-order valence-corrected chi connectivity index (χ1v) is 6.87. The van der Waals surface area contributed by atoms with E-state index in [9.17, 15) is 9.59 Å². The van der Waals surface area contributed by atoms with Crippen molar-refractivity contribution in [3.05, 3.63) is 65.7 Å². The summed E-state index contributed by atoms with van der Waals surface area (Å²) in [4.78, 5) is 23.2. The molecule has 2 rings (SSSR count). The third-order valence-electron chi connectivity index (χ3n) is 2.98. The Hall–Kier alpha value is -2.82. The summed E-state index contributed by atoms with van der Waals surface area (Å²) >= 11 is 0. The summed E-state index contributed by atoms with van der Waals surface area (Å²) < 4.78 is 4.91. The van der Waals surface area contributed by atoms with E-state index in [1.807, 2.05) is 30.3 Å². The van der Waals surface area contributed by atoms with Crippen LogP contribution in [0.15, 0.2) is 54.6 Å². The molecule has 0 radical (unpaired) electrons. The number of carbonyl (C=O) groups excluding carboxylic acids is 2. The molecule has 5 heteroatoms. The molecule has 1 amide bonds. The molecule has 0 saturated heterocycles. The molecule has 0 spiro atoms. The highest BCUT2D eigenvalue weighted by Gasteiger charge is 2.08. The van der Waals surface area contributed by atoms with E-state index < -0.39 is 5.97 Å². The van der Waals surface area contributed by atoms with Crippen molar-refractivity contribution < 1.29 is 19.4 Å². The van der Waals surface area contributed by atoms with Gasteiger partial charge >= 0.3 is 5.97 Å². The van der Waals surface area contributed by atoms with E-state index in [0.29, 0.717) is 12.1 Å². The van der Waals surface area contributed by atoms with Gasteiger partial charge in [-0.2, -0.15) is 0 Å². The summed E-state index contributed by atoms with van der Waals surface area (Å²) in [5, 5.41) is 11.8. The minimum atomic E-state index is -0.486. The lowest BCUT2D eigenvalue weighted by Crippen LogP contribution is -2.28.